The quantitative estimate of drug-likeness (QED) is 0.682. The van der Waals surface area contributed by atoms with Gasteiger partial charge in [-0.05, 0) is 19.1 Å². The molecule has 6 heteroatoms. The normalized spacial score (nSPS) is 11.0. The molecular formula is C13H11N3O3. The summed E-state index contributed by atoms with van der Waals surface area (Å²) in [6.45, 7) is 1.92. The van der Waals surface area contributed by atoms with Crippen molar-refractivity contribution in [2.45, 2.75) is 6.92 Å². The second-order valence-electron chi connectivity index (χ2n) is 4.04. The number of aromatic nitrogens is 3. The number of aromatic amines is 2. The van der Waals surface area contributed by atoms with Gasteiger partial charge in [0.05, 0.1) is 29.4 Å². The number of carbonyl (C=O) groups excluding carboxylic acids is 1. The Kier molecular flexibility index (Phi) is 2.56. The van der Waals surface area contributed by atoms with Crippen LogP contribution in [0.3, 0.4) is 0 Å². The van der Waals surface area contributed by atoms with Gasteiger partial charge in [-0.15, -0.1) is 0 Å². The molecule has 0 spiro atoms. The maximum absolute atomic E-state index is 12.4. The molecule has 3 aromatic rings. The second kappa shape index (κ2) is 4.24. The molecule has 3 rings (SSSR count). The number of ether oxygens (including phenoxy) is 1. The predicted octanol–water partition coefficient (Wildman–Crippen LogP) is 1.58. The lowest BCUT2D eigenvalue weighted by Gasteiger charge is -2.03. The molecule has 0 aliphatic rings. The van der Waals surface area contributed by atoms with Gasteiger partial charge in [-0.2, -0.15) is 0 Å². The van der Waals surface area contributed by atoms with Crippen LogP contribution in [0.2, 0.25) is 0 Å². The minimum Gasteiger partial charge on any atom is -0.462 e. The molecule has 2 aromatic heterocycles. The molecule has 0 aliphatic heterocycles. The van der Waals surface area contributed by atoms with E-state index in [1.807, 2.05) is 6.07 Å². The minimum absolute atomic E-state index is 0.00940. The van der Waals surface area contributed by atoms with Crippen LogP contribution in [-0.4, -0.2) is 27.5 Å². The van der Waals surface area contributed by atoms with Crippen LogP contribution in [0.5, 0.6) is 0 Å². The van der Waals surface area contributed by atoms with Crippen LogP contribution in [0.4, 0.5) is 0 Å². The van der Waals surface area contributed by atoms with Gasteiger partial charge in [0.2, 0.25) is 5.43 Å². The Hall–Kier alpha value is -2.63. The van der Waals surface area contributed by atoms with E-state index < -0.39 is 5.97 Å². The van der Waals surface area contributed by atoms with Gasteiger partial charge < -0.3 is 14.7 Å². The van der Waals surface area contributed by atoms with Crippen molar-refractivity contribution in [1.29, 1.82) is 0 Å². The summed E-state index contributed by atoms with van der Waals surface area (Å²) in [5, 5.41) is 0.393. The summed E-state index contributed by atoms with van der Waals surface area (Å²) < 4.78 is 4.86. The van der Waals surface area contributed by atoms with E-state index in [2.05, 4.69) is 15.0 Å². The summed E-state index contributed by atoms with van der Waals surface area (Å²) in [7, 11) is 0. The fraction of sp³-hybridized carbons (Fsp3) is 0.154. The smallest absolute Gasteiger partial charge is 0.343 e. The maximum Gasteiger partial charge on any atom is 0.343 e. The Morgan fingerprint density at radius 1 is 1.32 bits per heavy atom. The third-order valence-corrected chi connectivity index (χ3v) is 2.93. The number of nitrogens with one attached hydrogen (secondary N) is 2. The summed E-state index contributed by atoms with van der Waals surface area (Å²) in [5.41, 5.74) is 1.55. The van der Waals surface area contributed by atoms with Gasteiger partial charge in [0.25, 0.3) is 0 Å². The van der Waals surface area contributed by atoms with Crippen LogP contribution in [0, 0.1) is 0 Å². The molecule has 19 heavy (non-hydrogen) atoms. The predicted molar refractivity (Wildman–Crippen MR) is 70.2 cm³/mol. The van der Waals surface area contributed by atoms with Crippen molar-refractivity contribution in [3.8, 4) is 0 Å². The summed E-state index contributed by atoms with van der Waals surface area (Å²) in [5.74, 6) is -0.627. The van der Waals surface area contributed by atoms with E-state index in [0.717, 1.165) is 5.52 Å². The Labute approximate surface area is 107 Å². The van der Waals surface area contributed by atoms with Crippen LogP contribution in [0.15, 0.2) is 29.5 Å². The van der Waals surface area contributed by atoms with E-state index in [-0.39, 0.29) is 17.6 Å². The third-order valence-electron chi connectivity index (χ3n) is 2.93. The molecule has 0 amide bonds. The van der Waals surface area contributed by atoms with Crippen LogP contribution in [0.25, 0.3) is 21.9 Å². The number of H-pyrrole nitrogens is 2. The van der Waals surface area contributed by atoms with Crippen molar-refractivity contribution in [2.75, 3.05) is 6.61 Å². The topological polar surface area (TPSA) is 87.8 Å². The Balaban J connectivity index is 2.36. The number of hydrogen-bond acceptors (Lipinski definition) is 4. The number of rotatable bonds is 2. The van der Waals surface area contributed by atoms with Crippen molar-refractivity contribution in [2.24, 2.45) is 0 Å². The number of carbonyl (C=O) groups is 1. The number of esters is 1. The zero-order valence-corrected chi connectivity index (χ0v) is 10.2. The molecule has 0 bridgehead atoms. The van der Waals surface area contributed by atoms with Gasteiger partial charge in [0.1, 0.15) is 11.1 Å². The number of pyridine rings is 1. The Morgan fingerprint density at radius 3 is 2.89 bits per heavy atom. The Bertz CT molecular complexity index is 832. The van der Waals surface area contributed by atoms with Crippen LogP contribution < -0.4 is 5.43 Å². The standard InChI is InChI=1S/C13H11N3O3/c1-2-19-13(18)7-5-14-8-3-4-9-11(16-6-15-9)10(8)12(7)17/h3-6H,2H2,1H3,(H,14,17)(H,15,16). The first kappa shape index (κ1) is 11.5. The van der Waals surface area contributed by atoms with Crippen molar-refractivity contribution in [3.05, 3.63) is 40.4 Å². The molecule has 96 valence electrons. The van der Waals surface area contributed by atoms with Crippen molar-refractivity contribution in [3.63, 3.8) is 0 Å². The number of nitrogens with zero attached hydrogens (tertiary/aromatic N) is 1. The lowest BCUT2D eigenvalue weighted by molar-refractivity contribution is 0.0524. The fourth-order valence-corrected chi connectivity index (χ4v) is 2.07. The van der Waals surface area contributed by atoms with E-state index in [1.54, 1.807) is 13.0 Å². The van der Waals surface area contributed by atoms with Gasteiger partial charge in [0, 0.05) is 6.20 Å². The largest absolute Gasteiger partial charge is 0.462 e. The van der Waals surface area contributed by atoms with E-state index in [1.165, 1.54) is 12.5 Å². The van der Waals surface area contributed by atoms with E-state index >= 15 is 0 Å². The molecule has 0 saturated carbocycles. The molecule has 0 saturated heterocycles. The molecule has 1 aromatic carbocycles. The highest BCUT2D eigenvalue weighted by Gasteiger charge is 2.16. The first-order valence-electron chi connectivity index (χ1n) is 5.87. The summed E-state index contributed by atoms with van der Waals surface area (Å²) in [6, 6.07) is 3.59. The number of benzene rings is 1. The monoisotopic (exact) mass is 257 g/mol. The molecule has 0 radical (unpaired) electrons. The van der Waals surface area contributed by atoms with E-state index in [0.29, 0.717) is 16.4 Å². The minimum atomic E-state index is -0.627. The molecule has 2 N–H and O–H groups in total. The van der Waals surface area contributed by atoms with Crippen molar-refractivity contribution >= 4 is 27.9 Å². The molecule has 6 nitrogen and oxygen atoms in total. The molecule has 0 unspecified atom stereocenters. The Morgan fingerprint density at radius 2 is 2.11 bits per heavy atom. The summed E-state index contributed by atoms with van der Waals surface area (Å²) in [6.07, 6.45) is 2.89. The third kappa shape index (κ3) is 1.69. The lowest BCUT2D eigenvalue weighted by Crippen LogP contribution is -2.18. The first-order chi connectivity index (χ1) is 9.22. The highest BCUT2D eigenvalue weighted by molar-refractivity contribution is 6.04. The van der Waals surface area contributed by atoms with Crippen molar-refractivity contribution in [1.82, 2.24) is 15.0 Å². The first-order valence-corrected chi connectivity index (χ1v) is 5.87. The maximum atomic E-state index is 12.4. The highest BCUT2D eigenvalue weighted by atomic mass is 16.5. The number of imidazole rings is 1. The van der Waals surface area contributed by atoms with Crippen molar-refractivity contribution < 1.29 is 9.53 Å². The summed E-state index contributed by atoms with van der Waals surface area (Å²) >= 11 is 0. The van der Waals surface area contributed by atoms with Gasteiger partial charge in [0.15, 0.2) is 0 Å². The average molecular weight is 257 g/mol. The average Bonchev–Trinajstić information content (AvgIpc) is 2.87. The zero-order valence-electron chi connectivity index (χ0n) is 10.2. The van der Waals surface area contributed by atoms with Gasteiger partial charge in [-0.3, -0.25) is 4.79 Å². The van der Waals surface area contributed by atoms with Gasteiger partial charge in [-0.1, -0.05) is 0 Å². The van der Waals surface area contributed by atoms with Gasteiger partial charge in [-0.25, -0.2) is 9.78 Å². The number of fused-ring (bicyclic) bond motifs is 3. The molecular weight excluding hydrogens is 246 g/mol. The molecule has 0 aliphatic carbocycles. The zero-order chi connectivity index (χ0) is 13.4. The second-order valence-corrected chi connectivity index (χ2v) is 4.04. The van der Waals surface area contributed by atoms with E-state index in [4.69, 9.17) is 4.74 Å². The number of hydrogen-bond donors (Lipinski definition) is 2. The van der Waals surface area contributed by atoms with E-state index in [9.17, 15) is 9.59 Å². The highest BCUT2D eigenvalue weighted by Crippen LogP contribution is 2.18. The SMILES string of the molecule is CCOC(=O)c1c[nH]c2ccc3[nH]cnc3c2c1=O. The fourth-order valence-electron chi connectivity index (χ4n) is 2.07. The van der Waals surface area contributed by atoms with Crippen LogP contribution in [0.1, 0.15) is 17.3 Å². The lowest BCUT2D eigenvalue weighted by atomic mass is 10.1. The molecule has 0 fully saturated rings. The molecule has 0 atom stereocenters. The van der Waals surface area contributed by atoms with Crippen LogP contribution >= 0.6 is 0 Å². The van der Waals surface area contributed by atoms with Gasteiger partial charge >= 0.3 is 5.97 Å². The van der Waals surface area contributed by atoms with Crippen LogP contribution in [-0.2, 0) is 4.74 Å². The summed E-state index contributed by atoms with van der Waals surface area (Å²) in [4.78, 5) is 34.1. The molecule has 2 heterocycles.